The number of amides is 1. The van der Waals surface area contributed by atoms with E-state index in [1.54, 1.807) is 0 Å². The first-order valence-corrected chi connectivity index (χ1v) is 7.37. The van der Waals surface area contributed by atoms with E-state index in [-0.39, 0.29) is 5.91 Å². The predicted octanol–water partition coefficient (Wildman–Crippen LogP) is 0.400. The summed E-state index contributed by atoms with van der Waals surface area (Å²) in [4.78, 5) is 16.1. The number of nitrogens with one attached hydrogen (secondary N) is 2. The molecule has 0 spiro atoms. The van der Waals surface area contributed by atoms with Gasteiger partial charge in [0.1, 0.15) is 0 Å². The van der Waals surface area contributed by atoms with E-state index < -0.39 is 0 Å². The third-order valence-corrected chi connectivity index (χ3v) is 4.39. The highest BCUT2D eigenvalue weighted by atomic mass is 32.1. The largest absolute Gasteiger partial charge is 0.347 e. The fourth-order valence-corrected chi connectivity index (χ4v) is 2.53. The fourth-order valence-electron chi connectivity index (χ4n) is 2.30. The van der Waals surface area contributed by atoms with E-state index in [0.717, 1.165) is 43.0 Å². The number of aryl methyl sites for hydroxylation is 1. The van der Waals surface area contributed by atoms with Gasteiger partial charge in [-0.05, 0) is 31.0 Å². The molecule has 0 unspecified atom stereocenters. The highest BCUT2D eigenvalue weighted by Gasteiger charge is 2.23. The highest BCUT2D eigenvalue weighted by Crippen LogP contribution is 2.18. The second kappa shape index (κ2) is 6.33. The van der Waals surface area contributed by atoms with Gasteiger partial charge in [-0.1, -0.05) is 24.4 Å². The lowest BCUT2D eigenvalue weighted by Crippen LogP contribution is -3.12. The molecule has 0 atom stereocenters. The summed E-state index contributed by atoms with van der Waals surface area (Å²) in [5.74, 6) is -0.173. The number of thiocarbonyl (C=S) groups is 1. The Kier molecular flexibility index (Phi) is 4.73. The van der Waals surface area contributed by atoms with Crippen LogP contribution in [-0.4, -0.2) is 49.0 Å². The molecule has 0 saturated carbocycles. The molecule has 1 aliphatic rings. The number of hydrogen-bond donors (Lipinski definition) is 2. The first-order valence-electron chi connectivity index (χ1n) is 6.97. The minimum atomic E-state index is -0.173. The number of piperazine rings is 1. The Hall–Kier alpha value is -1.46. The van der Waals surface area contributed by atoms with Crippen molar-refractivity contribution in [3.05, 3.63) is 29.3 Å². The Labute approximate surface area is 125 Å². The molecule has 1 heterocycles. The van der Waals surface area contributed by atoms with Crippen molar-refractivity contribution in [2.75, 3.05) is 38.5 Å². The summed E-state index contributed by atoms with van der Waals surface area (Å²) in [5, 5.41) is 2.93. The smallest absolute Gasteiger partial charge is 0.283 e. The second-order valence-electron chi connectivity index (χ2n) is 5.45. The van der Waals surface area contributed by atoms with Crippen molar-refractivity contribution in [2.24, 2.45) is 0 Å². The minimum Gasteiger partial charge on any atom is -0.347 e. The second-order valence-corrected chi connectivity index (χ2v) is 5.84. The number of quaternary nitrogens is 1. The molecule has 0 bridgehead atoms. The molecule has 20 heavy (non-hydrogen) atoms. The summed E-state index contributed by atoms with van der Waals surface area (Å²) in [6.07, 6.45) is 0. The number of rotatable bonds is 1. The summed E-state index contributed by atoms with van der Waals surface area (Å²) < 4.78 is 0. The zero-order valence-electron chi connectivity index (χ0n) is 12.3. The summed E-state index contributed by atoms with van der Waals surface area (Å²) in [6, 6.07) is 5.89. The molecule has 1 aromatic rings. The first kappa shape index (κ1) is 14.9. The van der Waals surface area contributed by atoms with E-state index in [1.807, 2.05) is 36.9 Å². The Morgan fingerprint density at radius 3 is 2.60 bits per heavy atom. The number of benzene rings is 1. The average Bonchev–Trinajstić information content (AvgIpc) is 2.44. The molecular weight excluding hydrogens is 270 g/mol. The predicted molar refractivity (Wildman–Crippen MR) is 85.3 cm³/mol. The summed E-state index contributed by atoms with van der Waals surface area (Å²) in [5.41, 5.74) is 3.10. The van der Waals surface area contributed by atoms with E-state index in [1.165, 1.54) is 4.90 Å². The van der Waals surface area contributed by atoms with Crippen LogP contribution in [0.4, 0.5) is 5.69 Å². The zero-order valence-corrected chi connectivity index (χ0v) is 13.1. The molecule has 0 radical (unpaired) electrons. The highest BCUT2D eigenvalue weighted by molar-refractivity contribution is 7.82. The van der Waals surface area contributed by atoms with Crippen molar-refractivity contribution in [1.82, 2.24) is 4.90 Å². The summed E-state index contributed by atoms with van der Waals surface area (Å²) in [7, 11) is 2.16. The van der Waals surface area contributed by atoms with E-state index in [0.29, 0.717) is 4.99 Å². The van der Waals surface area contributed by atoms with Gasteiger partial charge in [0.2, 0.25) is 0 Å². The van der Waals surface area contributed by atoms with Crippen LogP contribution in [0.5, 0.6) is 0 Å². The third-order valence-electron chi connectivity index (χ3n) is 3.95. The number of carbonyl (C=O) groups excluding carboxylic acids is 1. The molecular formula is C15H22N3OS+. The fraction of sp³-hybridized carbons (Fsp3) is 0.467. The number of nitrogens with zero attached hydrogens (tertiary/aromatic N) is 1. The van der Waals surface area contributed by atoms with E-state index >= 15 is 0 Å². The van der Waals surface area contributed by atoms with Crippen molar-refractivity contribution >= 4 is 28.8 Å². The molecule has 0 aliphatic carbocycles. The Balaban J connectivity index is 2.01. The quantitative estimate of drug-likeness (QED) is 0.736. The SMILES string of the molecule is Cc1cccc(NC(=O)C(=S)N2CC[NH+](C)CC2)c1C. The average molecular weight is 292 g/mol. The van der Waals surface area contributed by atoms with Crippen LogP contribution in [0.1, 0.15) is 11.1 Å². The van der Waals surface area contributed by atoms with Crippen LogP contribution in [0.2, 0.25) is 0 Å². The van der Waals surface area contributed by atoms with Crippen LogP contribution in [0, 0.1) is 13.8 Å². The van der Waals surface area contributed by atoms with Crippen LogP contribution < -0.4 is 10.2 Å². The molecule has 1 aliphatic heterocycles. The topological polar surface area (TPSA) is 36.8 Å². The Morgan fingerprint density at radius 1 is 1.30 bits per heavy atom. The molecule has 4 nitrogen and oxygen atoms in total. The maximum Gasteiger partial charge on any atom is 0.283 e. The Bertz CT molecular complexity index is 522. The first-order chi connectivity index (χ1) is 9.49. The van der Waals surface area contributed by atoms with Crippen LogP contribution in [0.3, 0.4) is 0 Å². The van der Waals surface area contributed by atoms with Gasteiger partial charge in [0.05, 0.1) is 33.2 Å². The van der Waals surface area contributed by atoms with Gasteiger partial charge < -0.3 is 15.1 Å². The van der Waals surface area contributed by atoms with Gasteiger partial charge in [-0.15, -0.1) is 0 Å². The monoisotopic (exact) mass is 292 g/mol. The minimum absolute atomic E-state index is 0.173. The van der Waals surface area contributed by atoms with Gasteiger partial charge in [-0.2, -0.15) is 0 Å². The van der Waals surface area contributed by atoms with Crippen molar-refractivity contribution < 1.29 is 9.69 Å². The lowest BCUT2D eigenvalue weighted by atomic mass is 10.1. The van der Waals surface area contributed by atoms with Crippen LogP contribution in [0.15, 0.2) is 18.2 Å². The molecule has 1 saturated heterocycles. The van der Waals surface area contributed by atoms with Gasteiger partial charge in [0.15, 0.2) is 4.99 Å². The zero-order chi connectivity index (χ0) is 14.7. The molecule has 1 aromatic carbocycles. The molecule has 108 valence electrons. The van der Waals surface area contributed by atoms with Crippen molar-refractivity contribution in [1.29, 1.82) is 0 Å². The number of carbonyl (C=O) groups is 1. The molecule has 5 heteroatoms. The van der Waals surface area contributed by atoms with Crippen molar-refractivity contribution in [3.8, 4) is 0 Å². The number of anilines is 1. The van der Waals surface area contributed by atoms with E-state index in [2.05, 4.69) is 12.4 Å². The maximum absolute atomic E-state index is 12.3. The van der Waals surface area contributed by atoms with Gasteiger partial charge in [0, 0.05) is 5.69 Å². The lowest BCUT2D eigenvalue weighted by Gasteiger charge is -2.31. The maximum atomic E-state index is 12.3. The molecule has 2 N–H and O–H groups in total. The summed E-state index contributed by atoms with van der Waals surface area (Å²) >= 11 is 5.32. The standard InChI is InChI=1S/C15H21N3OS/c1-11-5-4-6-13(12(11)2)16-14(19)15(20)18-9-7-17(3)8-10-18/h4-6H,7-10H2,1-3H3,(H,16,19)/p+1. The van der Waals surface area contributed by atoms with E-state index in [9.17, 15) is 4.79 Å². The van der Waals surface area contributed by atoms with Gasteiger partial charge in [-0.25, -0.2) is 0 Å². The normalized spacial score (nSPS) is 16.1. The van der Waals surface area contributed by atoms with Crippen molar-refractivity contribution in [2.45, 2.75) is 13.8 Å². The van der Waals surface area contributed by atoms with Gasteiger partial charge in [-0.3, -0.25) is 4.79 Å². The van der Waals surface area contributed by atoms with Crippen LogP contribution in [-0.2, 0) is 4.79 Å². The Morgan fingerprint density at radius 2 is 1.95 bits per heavy atom. The number of likely N-dealkylation sites (N-methyl/N-ethyl adjacent to an activating group) is 1. The van der Waals surface area contributed by atoms with Crippen LogP contribution >= 0.6 is 12.2 Å². The van der Waals surface area contributed by atoms with Gasteiger partial charge >= 0.3 is 0 Å². The molecule has 1 amide bonds. The van der Waals surface area contributed by atoms with Crippen LogP contribution in [0.25, 0.3) is 0 Å². The van der Waals surface area contributed by atoms with Gasteiger partial charge in [0.25, 0.3) is 5.91 Å². The molecule has 2 rings (SSSR count). The number of hydrogen-bond acceptors (Lipinski definition) is 2. The van der Waals surface area contributed by atoms with E-state index in [4.69, 9.17) is 12.2 Å². The molecule has 0 aromatic heterocycles. The third kappa shape index (κ3) is 3.35. The van der Waals surface area contributed by atoms with Crippen molar-refractivity contribution in [3.63, 3.8) is 0 Å². The molecule has 1 fully saturated rings. The lowest BCUT2D eigenvalue weighted by molar-refractivity contribution is -0.883. The summed E-state index contributed by atoms with van der Waals surface area (Å²) in [6.45, 7) is 7.79.